The Morgan fingerprint density at radius 1 is 0.618 bits per heavy atom. The van der Waals surface area contributed by atoms with E-state index >= 15 is 0 Å². The Bertz CT molecular complexity index is 674. The maximum Gasteiger partial charge on any atom is 0.0468 e. The highest BCUT2D eigenvalue weighted by Crippen LogP contribution is 2.34. The number of fused-ring (bicyclic) bond motifs is 1. The molecule has 0 bridgehead atoms. The van der Waals surface area contributed by atoms with Crippen molar-refractivity contribution < 1.29 is 9.47 Å². The van der Waals surface area contributed by atoms with Crippen LogP contribution in [0.4, 0.5) is 0 Å². The van der Waals surface area contributed by atoms with E-state index in [1.165, 1.54) is 51.4 Å². The van der Waals surface area contributed by atoms with Gasteiger partial charge in [-0.2, -0.15) is 0 Å². The minimum absolute atomic E-state index is 0.308. The third-order valence-corrected chi connectivity index (χ3v) is 8.10. The van der Waals surface area contributed by atoms with Crippen LogP contribution in [0.25, 0.3) is 0 Å². The van der Waals surface area contributed by atoms with Gasteiger partial charge in [0.1, 0.15) is 0 Å². The van der Waals surface area contributed by atoms with Crippen LogP contribution in [-0.2, 0) is 27.7 Å². The van der Waals surface area contributed by atoms with Crippen molar-refractivity contribution in [2.45, 2.75) is 119 Å². The first kappa shape index (κ1) is 29.4. The van der Waals surface area contributed by atoms with Gasteiger partial charge < -0.3 is 9.47 Å². The number of hydrogen-bond acceptors (Lipinski definition) is 2. The van der Waals surface area contributed by atoms with E-state index in [1.807, 2.05) is 0 Å². The molecule has 1 aromatic rings. The fraction of sp³-hybridized carbons (Fsp3) is 0.812. The first-order valence-corrected chi connectivity index (χ1v) is 14.1. The van der Waals surface area contributed by atoms with Crippen molar-refractivity contribution in [3.63, 3.8) is 0 Å². The van der Waals surface area contributed by atoms with Crippen molar-refractivity contribution in [1.29, 1.82) is 0 Å². The lowest BCUT2D eigenvalue weighted by atomic mass is 9.76. The van der Waals surface area contributed by atoms with Gasteiger partial charge in [-0.1, -0.05) is 80.5 Å². The molecular weight excluding hydrogens is 416 g/mol. The highest BCUT2D eigenvalue weighted by molar-refractivity contribution is 5.40. The van der Waals surface area contributed by atoms with E-state index < -0.39 is 0 Å². The van der Waals surface area contributed by atoms with Gasteiger partial charge in [-0.15, -0.1) is 0 Å². The minimum Gasteiger partial charge on any atom is -0.381 e. The van der Waals surface area contributed by atoms with Gasteiger partial charge in [0.25, 0.3) is 0 Å². The van der Waals surface area contributed by atoms with E-state index in [4.69, 9.17) is 9.47 Å². The summed E-state index contributed by atoms with van der Waals surface area (Å²) in [4.78, 5) is 0. The van der Waals surface area contributed by atoms with Crippen molar-refractivity contribution in [2.75, 3.05) is 26.4 Å². The summed E-state index contributed by atoms with van der Waals surface area (Å²) < 4.78 is 10.6. The van der Waals surface area contributed by atoms with E-state index in [0.29, 0.717) is 16.2 Å². The highest BCUT2D eigenvalue weighted by atomic mass is 16.5. The Hall–Kier alpha value is -0.860. The summed E-state index contributed by atoms with van der Waals surface area (Å²) in [7, 11) is 0. The predicted molar refractivity (Wildman–Crippen MR) is 148 cm³/mol. The number of benzene rings is 1. The summed E-state index contributed by atoms with van der Waals surface area (Å²) in [6.45, 7) is 24.8. The second-order valence-corrected chi connectivity index (χ2v) is 13.9. The summed E-state index contributed by atoms with van der Waals surface area (Å²) in [5.41, 5.74) is 6.10. The average Bonchev–Trinajstić information content (AvgIpc) is 2.79. The van der Waals surface area contributed by atoms with Gasteiger partial charge in [0.15, 0.2) is 0 Å². The third kappa shape index (κ3) is 9.65. The Labute approximate surface area is 212 Å². The molecule has 2 nitrogen and oxygen atoms in total. The lowest BCUT2D eigenvalue weighted by Crippen LogP contribution is -2.27. The van der Waals surface area contributed by atoms with Gasteiger partial charge in [-0.3, -0.25) is 0 Å². The SMILES string of the molecule is CC(C)(C)C1CCOCC1.CC(C)(C)C1CCOCC1.CC(C)(C)c1cccc2c1CCCC2. The van der Waals surface area contributed by atoms with Gasteiger partial charge in [0, 0.05) is 26.4 Å². The first-order valence-electron chi connectivity index (χ1n) is 14.1. The van der Waals surface area contributed by atoms with Crippen molar-refractivity contribution in [3.8, 4) is 0 Å². The van der Waals surface area contributed by atoms with E-state index in [-0.39, 0.29) is 0 Å². The summed E-state index contributed by atoms with van der Waals surface area (Å²) in [6, 6.07) is 6.85. The van der Waals surface area contributed by atoms with Crippen molar-refractivity contribution in [3.05, 3.63) is 34.9 Å². The van der Waals surface area contributed by atoms with Crippen LogP contribution in [0.3, 0.4) is 0 Å². The second-order valence-electron chi connectivity index (χ2n) is 13.9. The standard InChI is InChI=1S/C14H20.2C9H18O/c1-14(2,3)13-10-6-8-11-7-4-5-9-12(11)13;2*1-9(2,3)8-4-6-10-7-5-8/h6,8,10H,4-5,7,9H2,1-3H3;2*8H,4-7H2,1-3H3. The van der Waals surface area contributed by atoms with Crippen molar-refractivity contribution in [2.24, 2.45) is 22.7 Å². The molecule has 196 valence electrons. The molecule has 2 aliphatic heterocycles. The van der Waals surface area contributed by atoms with Gasteiger partial charge in [0.2, 0.25) is 0 Å². The maximum atomic E-state index is 5.29. The molecule has 2 heterocycles. The molecule has 34 heavy (non-hydrogen) atoms. The van der Waals surface area contributed by atoms with Crippen LogP contribution in [-0.4, -0.2) is 26.4 Å². The normalized spacial score (nSPS) is 20.4. The zero-order chi connectivity index (χ0) is 25.4. The molecule has 0 amide bonds. The molecule has 2 heteroatoms. The molecule has 0 radical (unpaired) electrons. The van der Waals surface area contributed by atoms with Gasteiger partial charge in [0.05, 0.1) is 0 Å². The first-order chi connectivity index (χ1) is 15.8. The zero-order valence-corrected chi connectivity index (χ0v) is 24.2. The predicted octanol–water partition coefficient (Wildman–Crippen LogP) is 8.78. The maximum absolute atomic E-state index is 5.29. The van der Waals surface area contributed by atoms with Crippen LogP contribution in [0.1, 0.15) is 118 Å². The lowest BCUT2D eigenvalue weighted by Gasteiger charge is -2.33. The van der Waals surface area contributed by atoms with E-state index in [0.717, 1.165) is 38.3 Å². The van der Waals surface area contributed by atoms with Gasteiger partial charge in [-0.25, -0.2) is 0 Å². The summed E-state index contributed by atoms with van der Waals surface area (Å²) >= 11 is 0. The number of aryl methyl sites for hydroxylation is 1. The molecule has 1 aliphatic carbocycles. The number of ether oxygens (including phenoxy) is 2. The van der Waals surface area contributed by atoms with Crippen LogP contribution >= 0.6 is 0 Å². The molecule has 0 unspecified atom stereocenters. The summed E-state index contributed by atoms with van der Waals surface area (Å²) in [5.74, 6) is 1.75. The molecule has 0 atom stereocenters. The third-order valence-electron chi connectivity index (χ3n) is 8.10. The Kier molecular flexibility index (Phi) is 11.1. The van der Waals surface area contributed by atoms with Gasteiger partial charge in [-0.05, 0) is 96.1 Å². The summed E-state index contributed by atoms with van der Waals surface area (Å²) in [6.07, 6.45) is 10.3. The van der Waals surface area contributed by atoms with Crippen molar-refractivity contribution >= 4 is 0 Å². The zero-order valence-electron chi connectivity index (χ0n) is 24.2. The Morgan fingerprint density at radius 3 is 1.44 bits per heavy atom. The molecule has 4 rings (SSSR count). The quantitative estimate of drug-likeness (QED) is 0.375. The van der Waals surface area contributed by atoms with E-state index in [9.17, 15) is 0 Å². The topological polar surface area (TPSA) is 18.5 Å². The van der Waals surface area contributed by atoms with Crippen molar-refractivity contribution in [1.82, 2.24) is 0 Å². The Balaban J connectivity index is 0.000000185. The molecule has 1 aromatic carbocycles. The molecule has 0 aromatic heterocycles. The molecule has 3 aliphatic rings. The smallest absolute Gasteiger partial charge is 0.0468 e. The molecule has 2 fully saturated rings. The van der Waals surface area contributed by atoms with Crippen LogP contribution in [0, 0.1) is 22.7 Å². The van der Waals surface area contributed by atoms with Gasteiger partial charge >= 0.3 is 0 Å². The number of rotatable bonds is 0. The van der Waals surface area contributed by atoms with E-state index in [2.05, 4.69) is 80.5 Å². The monoisotopic (exact) mass is 472 g/mol. The van der Waals surface area contributed by atoms with Crippen LogP contribution in [0.5, 0.6) is 0 Å². The minimum atomic E-state index is 0.308. The average molecular weight is 473 g/mol. The van der Waals surface area contributed by atoms with Crippen LogP contribution < -0.4 is 0 Å². The summed E-state index contributed by atoms with van der Waals surface area (Å²) in [5, 5.41) is 0. The molecule has 0 N–H and O–H groups in total. The highest BCUT2D eigenvalue weighted by Gasteiger charge is 2.27. The molecule has 0 spiro atoms. The van der Waals surface area contributed by atoms with Crippen LogP contribution in [0.2, 0.25) is 0 Å². The van der Waals surface area contributed by atoms with Crippen LogP contribution in [0.15, 0.2) is 18.2 Å². The number of hydrogen-bond donors (Lipinski definition) is 0. The fourth-order valence-electron chi connectivity index (χ4n) is 5.61. The molecule has 2 saturated heterocycles. The molecule has 0 saturated carbocycles. The fourth-order valence-corrected chi connectivity index (χ4v) is 5.61. The lowest BCUT2D eigenvalue weighted by molar-refractivity contribution is 0.0286. The molecular formula is C32H56O2. The second kappa shape index (κ2) is 12.9. The Morgan fingerprint density at radius 2 is 1.06 bits per heavy atom. The van der Waals surface area contributed by atoms with E-state index in [1.54, 1.807) is 16.7 Å². The largest absolute Gasteiger partial charge is 0.381 e.